The standard InChI is InChI=1S/C22H24ClN5O4/c1-3-9-32-21-18(23)10-15(11-19(21)31-4-2)22(30)25-12-20(29)27-16-5-7-17(8-6-16)28-14-24-13-26-28/h5-8,10-11,13-14H,3-4,9,12H2,1-2H3,(H,25,30)(H,27,29). The lowest BCUT2D eigenvalue weighted by Crippen LogP contribution is -2.32. The van der Waals surface area contributed by atoms with Crippen LogP contribution in [0.15, 0.2) is 49.1 Å². The van der Waals surface area contributed by atoms with E-state index in [0.717, 1.165) is 12.1 Å². The molecule has 3 aromatic rings. The highest BCUT2D eigenvalue weighted by atomic mass is 35.5. The molecule has 10 heteroatoms. The Morgan fingerprint density at radius 2 is 1.91 bits per heavy atom. The summed E-state index contributed by atoms with van der Waals surface area (Å²) in [5, 5.41) is 9.62. The highest BCUT2D eigenvalue weighted by Crippen LogP contribution is 2.36. The Kier molecular flexibility index (Phi) is 8.04. The topological polar surface area (TPSA) is 107 Å². The van der Waals surface area contributed by atoms with E-state index >= 15 is 0 Å². The van der Waals surface area contributed by atoms with E-state index in [1.54, 1.807) is 41.3 Å². The van der Waals surface area contributed by atoms with Crippen LogP contribution in [0.3, 0.4) is 0 Å². The number of benzene rings is 2. The number of hydrogen-bond donors (Lipinski definition) is 2. The molecule has 0 saturated carbocycles. The Hall–Kier alpha value is -3.59. The lowest BCUT2D eigenvalue weighted by molar-refractivity contribution is -0.115. The van der Waals surface area contributed by atoms with E-state index in [-0.39, 0.29) is 23.0 Å². The minimum absolute atomic E-state index is 0.209. The van der Waals surface area contributed by atoms with Gasteiger partial charge < -0.3 is 20.1 Å². The van der Waals surface area contributed by atoms with Crippen molar-refractivity contribution >= 4 is 29.1 Å². The van der Waals surface area contributed by atoms with Gasteiger partial charge in [-0.25, -0.2) is 9.67 Å². The molecular weight excluding hydrogens is 434 g/mol. The number of halogens is 1. The van der Waals surface area contributed by atoms with Crippen molar-refractivity contribution in [3.63, 3.8) is 0 Å². The maximum Gasteiger partial charge on any atom is 0.251 e. The predicted octanol–water partition coefficient (Wildman–Crippen LogP) is 3.48. The molecular formula is C22H24ClN5O4. The molecule has 2 amide bonds. The minimum Gasteiger partial charge on any atom is -0.490 e. The number of nitrogens with one attached hydrogen (secondary N) is 2. The van der Waals surface area contributed by atoms with Crippen LogP contribution in [0.2, 0.25) is 5.02 Å². The van der Waals surface area contributed by atoms with Crippen LogP contribution >= 0.6 is 11.6 Å². The molecule has 1 heterocycles. The second-order valence-electron chi connectivity index (χ2n) is 6.68. The minimum atomic E-state index is -0.452. The van der Waals surface area contributed by atoms with Gasteiger partial charge in [0, 0.05) is 11.3 Å². The van der Waals surface area contributed by atoms with Crippen molar-refractivity contribution in [2.24, 2.45) is 0 Å². The molecule has 1 aromatic heterocycles. The summed E-state index contributed by atoms with van der Waals surface area (Å²) in [4.78, 5) is 28.7. The van der Waals surface area contributed by atoms with Crippen LogP contribution in [0, 0.1) is 0 Å². The van der Waals surface area contributed by atoms with E-state index in [1.165, 1.54) is 12.4 Å². The van der Waals surface area contributed by atoms with Gasteiger partial charge in [-0.05, 0) is 49.7 Å². The molecule has 3 rings (SSSR count). The number of carbonyl (C=O) groups excluding carboxylic acids is 2. The van der Waals surface area contributed by atoms with Crippen molar-refractivity contribution in [2.75, 3.05) is 25.1 Å². The largest absolute Gasteiger partial charge is 0.490 e. The fourth-order valence-corrected chi connectivity index (χ4v) is 3.08. The van der Waals surface area contributed by atoms with Crippen molar-refractivity contribution in [2.45, 2.75) is 20.3 Å². The fourth-order valence-electron chi connectivity index (χ4n) is 2.81. The molecule has 2 aromatic carbocycles. The van der Waals surface area contributed by atoms with E-state index in [2.05, 4.69) is 20.7 Å². The molecule has 0 fully saturated rings. The first-order valence-electron chi connectivity index (χ1n) is 10.1. The van der Waals surface area contributed by atoms with E-state index < -0.39 is 5.91 Å². The number of anilines is 1. The highest BCUT2D eigenvalue weighted by Gasteiger charge is 2.17. The molecule has 0 aliphatic carbocycles. The van der Waals surface area contributed by atoms with Gasteiger partial charge in [-0.15, -0.1) is 0 Å². The summed E-state index contributed by atoms with van der Waals surface area (Å²) in [6.07, 6.45) is 3.83. The van der Waals surface area contributed by atoms with Crippen LogP contribution in [0.25, 0.3) is 5.69 Å². The molecule has 0 unspecified atom stereocenters. The summed E-state index contributed by atoms with van der Waals surface area (Å²) < 4.78 is 12.8. The fraction of sp³-hybridized carbons (Fsp3) is 0.273. The van der Waals surface area contributed by atoms with Crippen LogP contribution in [-0.4, -0.2) is 46.3 Å². The van der Waals surface area contributed by atoms with Gasteiger partial charge in [0.15, 0.2) is 11.5 Å². The second kappa shape index (κ2) is 11.1. The van der Waals surface area contributed by atoms with Gasteiger partial charge in [0.1, 0.15) is 12.7 Å². The normalized spacial score (nSPS) is 10.5. The van der Waals surface area contributed by atoms with Crippen LogP contribution in [0.4, 0.5) is 5.69 Å². The van der Waals surface area contributed by atoms with Crippen LogP contribution < -0.4 is 20.1 Å². The molecule has 168 valence electrons. The van der Waals surface area contributed by atoms with E-state index in [9.17, 15) is 9.59 Å². The molecule has 2 N–H and O–H groups in total. The first-order chi connectivity index (χ1) is 15.5. The quantitative estimate of drug-likeness (QED) is 0.482. The van der Waals surface area contributed by atoms with Gasteiger partial charge in [0.2, 0.25) is 5.91 Å². The Balaban J connectivity index is 1.59. The maximum absolute atomic E-state index is 12.5. The summed E-state index contributed by atoms with van der Waals surface area (Å²) >= 11 is 6.30. The number of carbonyl (C=O) groups is 2. The van der Waals surface area contributed by atoms with Gasteiger partial charge in [-0.3, -0.25) is 9.59 Å². The Morgan fingerprint density at radius 3 is 2.56 bits per heavy atom. The molecule has 0 radical (unpaired) electrons. The van der Waals surface area contributed by atoms with Crippen molar-refractivity contribution in [1.82, 2.24) is 20.1 Å². The number of aromatic nitrogens is 3. The third kappa shape index (κ3) is 5.98. The highest BCUT2D eigenvalue weighted by molar-refractivity contribution is 6.32. The zero-order chi connectivity index (χ0) is 22.9. The first kappa shape index (κ1) is 23.1. The zero-order valence-corrected chi connectivity index (χ0v) is 18.6. The number of nitrogens with zero attached hydrogens (tertiary/aromatic N) is 3. The zero-order valence-electron chi connectivity index (χ0n) is 17.8. The average molecular weight is 458 g/mol. The summed E-state index contributed by atoms with van der Waals surface area (Å²) in [6, 6.07) is 10.1. The molecule has 0 aliphatic rings. The summed E-state index contributed by atoms with van der Waals surface area (Å²) in [5.74, 6) is -0.0352. The van der Waals surface area contributed by atoms with E-state index in [1.807, 2.05) is 13.8 Å². The van der Waals surface area contributed by atoms with Crippen molar-refractivity contribution in [1.29, 1.82) is 0 Å². The third-order valence-corrected chi connectivity index (χ3v) is 4.55. The van der Waals surface area contributed by atoms with Gasteiger partial charge in [-0.1, -0.05) is 18.5 Å². The monoisotopic (exact) mass is 457 g/mol. The van der Waals surface area contributed by atoms with Crippen molar-refractivity contribution in [3.8, 4) is 17.2 Å². The van der Waals surface area contributed by atoms with Gasteiger partial charge in [0.25, 0.3) is 5.91 Å². The lowest BCUT2D eigenvalue weighted by Gasteiger charge is -2.15. The molecule has 9 nitrogen and oxygen atoms in total. The van der Waals surface area contributed by atoms with Crippen LogP contribution in [0.1, 0.15) is 30.6 Å². The lowest BCUT2D eigenvalue weighted by atomic mass is 10.2. The Labute approximate surface area is 190 Å². The summed E-state index contributed by atoms with van der Waals surface area (Å²) in [5.41, 5.74) is 1.67. The Bertz CT molecular complexity index is 1050. The summed E-state index contributed by atoms with van der Waals surface area (Å²) in [6.45, 7) is 4.46. The second-order valence-corrected chi connectivity index (χ2v) is 7.09. The predicted molar refractivity (Wildman–Crippen MR) is 121 cm³/mol. The van der Waals surface area contributed by atoms with Gasteiger partial charge >= 0.3 is 0 Å². The summed E-state index contributed by atoms with van der Waals surface area (Å²) in [7, 11) is 0. The Morgan fingerprint density at radius 1 is 1.12 bits per heavy atom. The third-order valence-electron chi connectivity index (χ3n) is 4.27. The van der Waals surface area contributed by atoms with Crippen molar-refractivity contribution in [3.05, 3.63) is 59.6 Å². The molecule has 32 heavy (non-hydrogen) atoms. The van der Waals surface area contributed by atoms with Crippen molar-refractivity contribution < 1.29 is 19.1 Å². The van der Waals surface area contributed by atoms with Gasteiger partial charge in [0.05, 0.1) is 30.5 Å². The number of ether oxygens (including phenoxy) is 2. The molecule has 0 saturated heterocycles. The molecule has 0 spiro atoms. The van der Waals surface area contributed by atoms with E-state index in [0.29, 0.717) is 30.4 Å². The average Bonchev–Trinajstić information content (AvgIpc) is 3.32. The van der Waals surface area contributed by atoms with Crippen LogP contribution in [0.5, 0.6) is 11.5 Å². The molecule has 0 atom stereocenters. The SMILES string of the molecule is CCCOc1c(Cl)cc(C(=O)NCC(=O)Nc2ccc(-n3cncn3)cc2)cc1OCC. The van der Waals surface area contributed by atoms with Gasteiger partial charge in [-0.2, -0.15) is 5.10 Å². The number of amides is 2. The first-order valence-corrected chi connectivity index (χ1v) is 10.5. The smallest absolute Gasteiger partial charge is 0.251 e. The molecule has 0 aliphatic heterocycles. The van der Waals surface area contributed by atoms with Crippen LogP contribution in [-0.2, 0) is 4.79 Å². The number of hydrogen-bond acceptors (Lipinski definition) is 6. The van der Waals surface area contributed by atoms with E-state index in [4.69, 9.17) is 21.1 Å². The number of rotatable bonds is 10. The maximum atomic E-state index is 12.5. The molecule has 0 bridgehead atoms.